The molecular formula is C26H16N2O. The second kappa shape index (κ2) is 8.13. The Balaban J connectivity index is 1.89. The topological polar surface area (TPSA) is 56.8 Å². The Morgan fingerprint density at radius 1 is 0.552 bits per heavy atom. The Labute approximate surface area is 169 Å². The lowest BCUT2D eigenvalue weighted by atomic mass is 9.97. The average Bonchev–Trinajstić information content (AvgIpc) is 2.80. The number of nitrogens with zero attached hydrogens (tertiary/aromatic N) is 2. The fourth-order valence-electron chi connectivity index (χ4n) is 3.23. The molecule has 4 rings (SSSR count). The van der Waals surface area contributed by atoms with Gasteiger partial charge in [-0.15, -0.1) is 0 Å². The number of nitriles is 2. The molecule has 0 aromatic heterocycles. The van der Waals surface area contributed by atoms with Gasteiger partial charge in [0, 0.05) is 11.1 Å². The average molecular weight is 372 g/mol. The molecule has 4 aromatic rings. The monoisotopic (exact) mass is 372 g/mol. The highest BCUT2D eigenvalue weighted by molar-refractivity contribution is 5.83. The summed E-state index contributed by atoms with van der Waals surface area (Å²) in [5.74, 6) is 1.22. The van der Waals surface area contributed by atoms with Gasteiger partial charge in [-0.25, -0.2) is 0 Å². The Bertz CT molecular complexity index is 1180. The second-order valence-electron chi connectivity index (χ2n) is 6.45. The smallest absolute Gasteiger partial charge is 0.143 e. The number of benzene rings is 4. The van der Waals surface area contributed by atoms with Crippen LogP contribution in [0.4, 0.5) is 0 Å². The molecule has 0 fully saturated rings. The van der Waals surface area contributed by atoms with Crippen LogP contribution in [0.5, 0.6) is 11.5 Å². The van der Waals surface area contributed by atoms with Crippen molar-refractivity contribution in [1.82, 2.24) is 0 Å². The summed E-state index contributed by atoms with van der Waals surface area (Å²) >= 11 is 0. The van der Waals surface area contributed by atoms with Gasteiger partial charge in [0.1, 0.15) is 23.6 Å². The molecule has 0 radical (unpaired) electrons. The molecule has 0 amide bonds. The summed E-state index contributed by atoms with van der Waals surface area (Å²) in [6, 6.07) is 35.2. The maximum absolute atomic E-state index is 9.35. The molecule has 0 aliphatic carbocycles. The molecular weight excluding hydrogens is 356 g/mol. The molecule has 3 nitrogen and oxygen atoms in total. The summed E-state index contributed by atoms with van der Waals surface area (Å²) in [6.07, 6.45) is 0. The molecule has 0 bridgehead atoms. The Morgan fingerprint density at radius 3 is 1.62 bits per heavy atom. The van der Waals surface area contributed by atoms with E-state index in [9.17, 15) is 10.5 Å². The Hall–Kier alpha value is -4.34. The van der Waals surface area contributed by atoms with Crippen LogP contribution in [0.3, 0.4) is 0 Å². The summed E-state index contributed by atoms with van der Waals surface area (Å²) in [5, 5.41) is 18.5. The van der Waals surface area contributed by atoms with Gasteiger partial charge in [0.05, 0.1) is 11.1 Å². The van der Waals surface area contributed by atoms with E-state index in [4.69, 9.17) is 4.74 Å². The number of para-hydroxylation sites is 1. The molecule has 0 atom stereocenters. The third kappa shape index (κ3) is 3.72. The van der Waals surface area contributed by atoms with Crippen LogP contribution in [0.1, 0.15) is 11.1 Å². The van der Waals surface area contributed by atoms with Gasteiger partial charge in [0.2, 0.25) is 0 Å². The summed E-state index contributed by atoms with van der Waals surface area (Å²) in [5.41, 5.74) is 4.61. The first-order chi connectivity index (χ1) is 14.3. The van der Waals surface area contributed by atoms with Crippen molar-refractivity contribution in [2.75, 3.05) is 0 Å². The fraction of sp³-hybridized carbons (Fsp3) is 0. The molecule has 0 N–H and O–H groups in total. The molecule has 0 saturated heterocycles. The minimum absolute atomic E-state index is 0.295. The maximum atomic E-state index is 9.35. The minimum atomic E-state index is 0.295. The van der Waals surface area contributed by atoms with E-state index < -0.39 is 0 Å². The van der Waals surface area contributed by atoms with Gasteiger partial charge in [-0.2, -0.15) is 10.5 Å². The van der Waals surface area contributed by atoms with E-state index in [2.05, 4.69) is 6.07 Å². The van der Waals surface area contributed by atoms with Gasteiger partial charge in [-0.05, 0) is 29.3 Å². The van der Waals surface area contributed by atoms with Crippen molar-refractivity contribution in [3.05, 3.63) is 108 Å². The first kappa shape index (κ1) is 18.0. The SMILES string of the molecule is N#Cc1ccc(Oc2c(-c3ccccc3)cccc2-c2ccccc2)cc1C#N. The van der Waals surface area contributed by atoms with E-state index in [0.29, 0.717) is 22.6 Å². The third-order valence-electron chi connectivity index (χ3n) is 4.64. The largest absolute Gasteiger partial charge is 0.456 e. The highest BCUT2D eigenvalue weighted by Gasteiger charge is 2.15. The zero-order valence-electron chi connectivity index (χ0n) is 15.5. The van der Waals surface area contributed by atoms with E-state index in [1.54, 1.807) is 18.2 Å². The summed E-state index contributed by atoms with van der Waals surface area (Å²) in [4.78, 5) is 0. The summed E-state index contributed by atoms with van der Waals surface area (Å²) < 4.78 is 6.33. The first-order valence-corrected chi connectivity index (χ1v) is 9.16. The van der Waals surface area contributed by atoms with Crippen LogP contribution in [-0.4, -0.2) is 0 Å². The number of rotatable bonds is 4. The quantitative estimate of drug-likeness (QED) is 0.408. The van der Waals surface area contributed by atoms with Crippen LogP contribution < -0.4 is 4.74 Å². The molecule has 29 heavy (non-hydrogen) atoms. The van der Waals surface area contributed by atoms with Crippen LogP contribution in [0.2, 0.25) is 0 Å². The van der Waals surface area contributed by atoms with Crippen LogP contribution in [0, 0.1) is 22.7 Å². The second-order valence-corrected chi connectivity index (χ2v) is 6.45. The van der Waals surface area contributed by atoms with E-state index in [-0.39, 0.29) is 0 Å². The highest BCUT2D eigenvalue weighted by atomic mass is 16.5. The van der Waals surface area contributed by atoms with Crippen molar-refractivity contribution in [3.63, 3.8) is 0 Å². The highest BCUT2D eigenvalue weighted by Crippen LogP contribution is 2.41. The van der Waals surface area contributed by atoms with Crippen LogP contribution in [-0.2, 0) is 0 Å². The Morgan fingerprint density at radius 2 is 1.10 bits per heavy atom. The minimum Gasteiger partial charge on any atom is -0.456 e. The summed E-state index contributed by atoms with van der Waals surface area (Å²) in [7, 11) is 0. The van der Waals surface area contributed by atoms with Gasteiger partial charge in [-0.3, -0.25) is 0 Å². The van der Waals surface area contributed by atoms with Gasteiger partial charge in [-0.1, -0.05) is 78.9 Å². The van der Waals surface area contributed by atoms with Crippen LogP contribution >= 0.6 is 0 Å². The first-order valence-electron chi connectivity index (χ1n) is 9.16. The van der Waals surface area contributed by atoms with E-state index in [0.717, 1.165) is 22.3 Å². The van der Waals surface area contributed by atoms with Gasteiger partial charge in [0.25, 0.3) is 0 Å². The van der Waals surface area contributed by atoms with Crippen molar-refractivity contribution in [2.45, 2.75) is 0 Å². The van der Waals surface area contributed by atoms with Gasteiger partial charge >= 0.3 is 0 Å². The molecule has 136 valence electrons. The molecule has 0 heterocycles. The number of ether oxygens (including phenoxy) is 1. The lowest BCUT2D eigenvalue weighted by Gasteiger charge is -2.17. The molecule has 0 aliphatic rings. The molecule has 0 spiro atoms. The van der Waals surface area contributed by atoms with Crippen molar-refractivity contribution in [3.8, 4) is 45.9 Å². The standard InChI is InChI=1S/C26H16N2O/c27-17-21-14-15-23(16-22(21)18-28)29-26-24(19-8-3-1-4-9-19)12-7-13-25(26)20-10-5-2-6-11-20/h1-16H. The third-order valence-corrected chi connectivity index (χ3v) is 4.64. The molecule has 0 unspecified atom stereocenters. The zero-order valence-corrected chi connectivity index (χ0v) is 15.5. The van der Waals surface area contributed by atoms with Crippen LogP contribution in [0.15, 0.2) is 97.1 Å². The van der Waals surface area contributed by atoms with Crippen molar-refractivity contribution < 1.29 is 4.74 Å². The molecule has 3 heteroatoms. The maximum Gasteiger partial charge on any atom is 0.143 e. The van der Waals surface area contributed by atoms with Gasteiger partial charge in [0.15, 0.2) is 0 Å². The van der Waals surface area contributed by atoms with Crippen molar-refractivity contribution in [1.29, 1.82) is 10.5 Å². The lowest BCUT2D eigenvalue weighted by Crippen LogP contribution is -1.94. The number of hydrogen-bond donors (Lipinski definition) is 0. The van der Waals surface area contributed by atoms with Crippen LogP contribution in [0.25, 0.3) is 22.3 Å². The van der Waals surface area contributed by atoms with Crippen molar-refractivity contribution in [2.24, 2.45) is 0 Å². The lowest BCUT2D eigenvalue weighted by molar-refractivity contribution is 0.486. The fourth-order valence-corrected chi connectivity index (χ4v) is 3.23. The zero-order chi connectivity index (χ0) is 20.1. The summed E-state index contributed by atoms with van der Waals surface area (Å²) in [6.45, 7) is 0. The number of hydrogen-bond acceptors (Lipinski definition) is 3. The molecule has 0 saturated carbocycles. The van der Waals surface area contributed by atoms with E-state index >= 15 is 0 Å². The molecule has 4 aromatic carbocycles. The normalized spacial score (nSPS) is 10.0. The van der Waals surface area contributed by atoms with E-state index in [1.807, 2.05) is 84.9 Å². The van der Waals surface area contributed by atoms with Gasteiger partial charge < -0.3 is 4.74 Å². The van der Waals surface area contributed by atoms with Crippen molar-refractivity contribution >= 4 is 0 Å². The Kier molecular flexibility index (Phi) is 5.06. The molecule has 0 aliphatic heterocycles. The predicted molar refractivity (Wildman–Crippen MR) is 113 cm³/mol. The predicted octanol–water partition coefficient (Wildman–Crippen LogP) is 6.56. The van der Waals surface area contributed by atoms with E-state index in [1.165, 1.54) is 0 Å².